The Morgan fingerprint density at radius 3 is 2.62 bits per heavy atom. The van der Waals surface area contributed by atoms with Crippen LogP contribution in [-0.2, 0) is 11.8 Å². The van der Waals surface area contributed by atoms with Gasteiger partial charge in [0.15, 0.2) is 0 Å². The van der Waals surface area contributed by atoms with Gasteiger partial charge in [-0.15, -0.1) is 0 Å². The van der Waals surface area contributed by atoms with Crippen molar-refractivity contribution in [2.45, 2.75) is 63.0 Å². The van der Waals surface area contributed by atoms with Gasteiger partial charge in [-0.1, -0.05) is 0 Å². The van der Waals surface area contributed by atoms with Gasteiger partial charge in [0.05, 0.1) is 17.8 Å². The second-order valence-electron chi connectivity index (χ2n) is 8.04. The van der Waals surface area contributed by atoms with Crippen molar-refractivity contribution in [2.24, 2.45) is 13.0 Å². The average Bonchev–Trinajstić information content (AvgIpc) is 3.17. The predicted octanol–water partition coefficient (Wildman–Crippen LogP) is 1.18. The van der Waals surface area contributed by atoms with E-state index in [2.05, 4.69) is 10.4 Å². The summed E-state index contributed by atoms with van der Waals surface area (Å²) in [4.78, 5) is 27.3. The van der Waals surface area contributed by atoms with Crippen molar-refractivity contribution >= 4 is 11.8 Å². The summed E-state index contributed by atoms with van der Waals surface area (Å²) in [6.07, 6.45) is 5.58. The lowest BCUT2D eigenvalue weighted by Crippen LogP contribution is -2.50. The lowest BCUT2D eigenvalue weighted by molar-refractivity contribution is -0.136. The lowest BCUT2D eigenvalue weighted by atomic mass is 9.83. The summed E-state index contributed by atoms with van der Waals surface area (Å²) >= 11 is 0. The molecule has 1 aromatic rings. The quantitative estimate of drug-likeness (QED) is 0.844. The number of aliphatic hydroxyl groups is 1. The van der Waals surface area contributed by atoms with Gasteiger partial charge in [-0.3, -0.25) is 14.3 Å². The van der Waals surface area contributed by atoms with Crippen LogP contribution in [0.4, 0.5) is 0 Å². The summed E-state index contributed by atoms with van der Waals surface area (Å²) < 4.78 is 1.62. The van der Waals surface area contributed by atoms with E-state index >= 15 is 0 Å². The molecule has 2 saturated carbocycles. The number of nitrogens with one attached hydrogen (secondary N) is 1. The van der Waals surface area contributed by atoms with Crippen LogP contribution in [0.25, 0.3) is 0 Å². The molecule has 3 fully saturated rings. The molecule has 3 atom stereocenters. The summed E-state index contributed by atoms with van der Waals surface area (Å²) in [7, 11) is 1.78. The molecule has 7 heteroatoms. The molecule has 1 saturated heterocycles. The van der Waals surface area contributed by atoms with Gasteiger partial charge in [-0.25, -0.2) is 0 Å². The van der Waals surface area contributed by atoms with Gasteiger partial charge in [0.25, 0.3) is 5.91 Å². The Labute approximate surface area is 153 Å². The van der Waals surface area contributed by atoms with Gasteiger partial charge in [0.2, 0.25) is 5.91 Å². The van der Waals surface area contributed by atoms with Crippen LogP contribution in [0.5, 0.6) is 0 Å². The van der Waals surface area contributed by atoms with Crippen molar-refractivity contribution in [3.05, 3.63) is 17.5 Å². The Hall–Kier alpha value is -1.89. The number of hydrogen-bond acceptors (Lipinski definition) is 4. The topological polar surface area (TPSA) is 87.5 Å². The Kier molecular flexibility index (Phi) is 4.73. The summed E-state index contributed by atoms with van der Waals surface area (Å²) in [5.74, 6) is 0.358. The fourth-order valence-corrected chi connectivity index (χ4v) is 4.25. The number of nitrogens with zero attached hydrogens (tertiary/aromatic N) is 3. The molecule has 26 heavy (non-hydrogen) atoms. The third-order valence-electron chi connectivity index (χ3n) is 6.02. The zero-order valence-electron chi connectivity index (χ0n) is 15.4. The fraction of sp³-hybridized carbons (Fsp3) is 0.737. The summed E-state index contributed by atoms with van der Waals surface area (Å²) in [5, 5.41) is 17.7. The zero-order chi connectivity index (χ0) is 18.3. The van der Waals surface area contributed by atoms with E-state index in [4.69, 9.17) is 0 Å². The third-order valence-corrected chi connectivity index (χ3v) is 6.02. The first-order valence-electron chi connectivity index (χ1n) is 9.84. The number of carbonyl (C=O) groups is 2. The molecular formula is C19H28N4O3. The molecule has 1 aromatic heterocycles. The smallest absolute Gasteiger partial charge is 0.269 e. The number of amides is 2. The molecule has 2 heterocycles. The maximum atomic E-state index is 12.7. The molecule has 142 valence electrons. The van der Waals surface area contributed by atoms with E-state index in [9.17, 15) is 14.7 Å². The van der Waals surface area contributed by atoms with Crippen molar-refractivity contribution in [3.63, 3.8) is 0 Å². The van der Waals surface area contributed by atoms with E-state index in [1.165, 1.54) is 0 Å². The van der Waals surface area contributed by atoms with Crippen LogP contribution in [0.3, 0.4) is 0 Å². The molecule has 0 aromatic carbocycles. The Morgan fingerprint density at radius 1 is 1.19 bits per heavy atom. The van der Waals surface area contributed by atoms with Crippen molar-refractivity contribution in [2.75, 3.05) is 13.1 Å². The molecule has 7 nitrogen and oxygen atoms in total. The minimum absolute atomic E-state index is 0.102. The normalized spacial score (nSPS) is 29.0. The van der Waals surface area contributed by atoms with Gasteiger partial charge < -0.3 is 15.3 Å². The molecule has 2 aliphatic carbocycles. The number of aromatic nitrogens is 2. The Balaban J connectivity index is 1.40. The maximum absolute atomic E-state index is 12.7. The zero-order valence-corrected chi connectivity index (χ0v) is 15.4. The lowest BCUT2D eigenvalue weighted by Gasteiger charge is -2.34. The van der Waals surface area contributed by atoms with Gasteiger partial charge in [-0.05, 0) is 51.0 Å². The molecule has 3 aliphatic rings. The average molecular weight is 360 g/mol. The first kappa shape index (κ1) is 17.5. The van der Waals surface area contributed by atoms with Gasteiger partial charge in [-0.2, -0.15) is 5.10 Å². The molecule has 0 bridgehead atoms. The van der Waals surface area contributed by atoms with E-state index < -0.39 is 6.10 Å². The van der Waals surface area contributed by atoms with Gasteiger partial charge >= 0.3 is 0 Å². The first-order chi connectivity index (χ1) is 12.5. The highest BCUT2D eigenvalue weighted by Crippen LogP contribution is 2.39. The standard InChI is InChI=1S/C19H28N4O3/c1-22-16(11-14(21-22)12-4-5-12)18(25)20-15-10-13(6-7-17(15)24)19(26)23-8-2-3-9-23/h11-13,15,17,24H,2-10H2,1H3,(H,20,25)/t13-,15+,17+/m0/s1. The number of carbonyl (C=O) groups excluding carboxylic acids is 2. The van der Waals surface area contributed by atoms with Crippen LogP contribution in [-0.4, -0.2) is 56.8 Å². The largest absolute Gasteiger partial charge is 0.391 e. The van der Waals surface area contributed by atoms with Crippen LogP contribution in [0.15, 0.2) is 6.07 Å². The highest BCUT2D eigenvalue weighted by molar-refractivity contribution is 5.93. The van der Waals surface area contributed by atoms with Crippen molar-refractivity contribution < 1.29 is 14.7 Å². The molecule has 0 radical (unpaired) electrons. The summed E-state index contributed by atoms with van der Waals surface area (Å²) in [5.41, 5.74) is 1.50. The Morgan fingerprint density at radius 2 is 1.92 bits per heavy atom. The molecule has 2 amide bonds. The first-order valence-corrected chi connectivity index (χ1v) is 9.84. The van der Waals surface area contributed by atoms with Crippen molar-refractivity contribution in [1.29, 1.82) is 0 Å². The SMILES string of the molecule is Cn1nc(C2CC2)cc1C(=O)N[C@@H]1C[C@@H](C(=O)N2CCCC2)CC[C@H]1O. The van der Waals surface area contributed by atoms with E-state index in [1.807, 2.05) is 11.0 Å². The van der Waals surface area contributed by atoms with Crippen LogP contribution in [0, 0.1) is 5.92 Å². The van der Waals surface area contributed by atoms with Gasteiger partial charge in [0, 0.05) is 32.0 Å². The van der Waals surface area contributed by atoms with Crippen molar-refractivity contribution in [1.82, 2.24) is 20.0 Å². The number of rotatable bonds is 4. The van der Waals surface area contributed by atoms with E-state index in [1.54, 1.807) is 11.7 Å². The third kappa shape index (κ3) is 3.49. The highest BCUT2D eigenvalue weighted by atomic mass is 16.3. The molecule has 2 N–H and O–H groups in total. The minimum Gasteiger partial charge on any atom is -0.391 e. The van der Waals surface area contributed by atoms with E-state index in [0.29, 0.717) is 30.9 Å². The molecular weight excluding hydrogens is 332 g/mol. The molecule has 1 aliphatic heterocycles. The Bertz CT molecular complexity index is 691. The summed E-state index contributed by atoms with van der Waals surface area (Å²) in [6, 6.07) is 1.47. The summed E-state index contributed by atoms with van der Waals surface area (Å²) in [6.45, 7) is 1.68. The predicted molar refractivity (Wildman–Crippen MR) is 95.6 cm³/mol. The van der Waals surface area contributed by atoms with Crippen LogP contribution >= 0.6 is 0 Å². The number of likely N-dealkylation sites (tertiary alicyclic amines) is 1. The van der Waals surface area contributed by atoms with Crippen LogP contribution in [0.1, 0.15) is 67.0 Å². The molecule has 0 spiro atoms. The maximum Gasteiger partial charge on any atom is 0.269 e. The monoisotopic (exact) mass is 360 g/mol. The van der Waals surface area contributed by atoms with Crippen LogP contribution < -0.4 is 5.32 Å². The molecule has 4 rings (SSSR count). The number of hydrogen-bond donors (Lipinski definition) is 2. The number of aliphatic hydroxyl groups excluding tert-OH is 1. The molecule has 0 unspecified atom stereocenters. The number of aryl methyl sites for hydroxylation is 1. The van der Waals surface area contributed by atoms with E-state index in [-0.39, 0.29) is 23.8 Å². The highest BCUT2D eigenvalue weighted by Gasteiger charge is 2.37. The van der Waals surface area contributed by atoms with Gasteiger partial charge in [0.1, 0.15) is 5.69 Å². The van der Waals surface area contributed by atoms with Crippen LogP contribution in [0.2, 0.25) is 0 Å². The second kappa shape index (κ2) is 7.02. The minimum atomic E-state index is -0.599. The van der Waals surface area contributed by atoms with Crippen molar-refractivity contribution in [3.8, 4) is 0 Å². The fourth-order valence-electron chi connectivity index (χ4n) is 4.25. The van der Waals surface area contributed by atoms with E-state index in [0.717, 1.165) is 44.5 Å². The second-order valence-corrected chi connectivity index (χ2v) is 8.04.